The van der Waals surface area contributed by atoms with Crippen LogP contribution in [0.5, 0.6) is 0 Å². The molecule has 1 aromatic heterocycles. The molecule has 0 saturated carbocycles. The van der Waals surface area contributed by atoms with Gasteiger partial charge in [0.05, 0.1) is 31.5 Å². The lowest BCUT2D eigenvalue weighted by Crippen LogP contribution is -2.51. The molecule has 0 unspecified atom stereocenters. The number of nitrogens with zero attached hydrogens (tertiary/aromatic N) is 4. The first-order chi connectivity index (χ1) is 14.1. The molecule has 0 atom stereocenters. The van der Waals surface area contributed by atoms with E-state index in [4.69, 9.17) is 16.3 Å². The van der Waals surface area contributed by atoms with E-state index in [0.717, 1.165) is 5.56 Å². The highest BCUT2D eigenvalue weighted by atomic mass is 35.5. The summed E-state index contributed by atoms with van der Waals surface area (Å²) in [5.74, 6) is -0.0673. The maximum atomic E-state index is 12.8. The van der Waals surface area contributed by atoms with E-state index >= 15 is 0 Å². The van der Waals surface area contributed by atoms with Crippen LogP contribution in [-0.2, 0) is 16.1 Å². The third-order valence-corrected chi connectivity index (χ3v) is 5.19. The fourth-order valence-corrected chi connectivity index (χ4v) is 3.40. The highest BCUT2D eigenvalue weighted by molar-refractivity contribution is 6.31. The molecule has 1 saturated heterocycles. The number of carbonyl (C=O) groups excluding carboxylic acids is 2. The number of nitrogens with one attached hydrogen (secondary N) is 1. The SMILES string of the molecule is COCCNC(=O)CN1CCN(C(=O)c2cnn(Cc3ccccc3Cl)c2)CC1. The molecule has 8 nitrogen and oxygen atoms in total. The summed E-state index contributed by atoms with van der Waals surface area (Å²) in [6.45, 7) is 4.35. The van der Waals surface area contributed by atoms with Gasteiger partial charge in [0, 0.05) is 51.1 Å². The number of rotatable bonds is 8. The van der Waals surface area contributed by atoms with Crippen molar-refractivity contribution in [2.75, 3.05) is 53.0 Å². The van der Waals surface area contributed by atoms with Crippen molar-refractivity contribution in [3.05, 3.63) is 52.8 Å². The maximum absolute atomic E-state index is 12.8. The summed E-state index contributed by atoms with van der Waals surface area (Å²) in [5, 5.41) is 7.78. The number of aromatic nitrogens is 2. The fraction of sp³-hybridized carbons (Fsp3) is 0.450. The van der Waals surface area contributed by atoms with Crippen LogP contribution in [0.15, 0.2) is 36.7 Å². The lowest BCUT2D eigenvalue weighted by molar-refractivity contribution is -0.122. The van der Waals surface area contributed by atoms with Crippen molar-refractivity contribution in [2.24, 2.45) is 0 Å². The minimum atomic E-state index is -0.0420. The first-order valence-corrected chi connectivity index (χ1v) is 9.97. The Hall–Kier alpha value is -2.42. The Morgan fingerprint density at radius 3 is 2.69 bits per heavy atom. The van der Waals surface area contributed by atoms with E-state index in [0.29, 0.717) is 63.0 Å². The van der Waals surface area contributed by atoms with Crippen LogP contribution in [0.4, 0.5) is 0 Å². The number of hydrogen-bond donors (Lipinski definition) is 1. The number of carbonyl (C=O) groups is 2. The first kappa shape index (κ1) is 21.3. The van der Waals surface area contributed by atoms with Crippen molar-refractivity contribution >= 4 is 23.4 Å². The molecule has 1 fully saturated rings. The fourth-order valence-electron chi connectivity index (χ4n) is 3.20. The molecule has 1 aromatic carbocycles. The zero-order chi connectivity index (χ0) is 20.6. The van der Waals surface area contributed by atoms with Crippen molar-refractivity contribution in [2.45, 2.75) is 6.54 Å². The number of hydrogen-bond acceptors (Lipinski definition) is 5. The average molecular weight is 420 g/mol. The molecule has 1 N–H and O–H groups in total. The number of amides is 2. The average Bonchev–Trinajstić information content (AvgIpc) is 3.18. The Morgan fingerprint density at radius 2 is 1.97 bits per heavy atom. The number of benzene rings is 1. The summed E-state index contributed by atoms with van der Waals surface area (Å²) in [7, 11) is 1.60. The molecule has 0 bridgehead atoms. The molecule has 2 heterocycles. The minimum absolute atomic E-state index is 0.0253. The third-order valence-electron chi connectivity index (χ3n) is 4.83. The van der Waals surface area contributed by atoms with Gasteiger partial charge in [-0.05, 0) is 11.6 Å². The Kier molecular flexibility index (Phi) is 7.62. The summed E-state index contributed by atoms with van der Waals surface area (Å²) in [6, 6.07) is 7.58. The molecular weight excluding hydrogens is 394 g/mol. The Bertz CT molecular complexity index is 833. The standard InChI is InChI=1S/C20H26ClN5O3/c1-29-11-6-22-19(27)15-24-7-9-25(10-8-24)20(28)17-12-23-26(14-17)13-16-4-2-3-5-18(16)21/h2-5,12,14H,6-11,13,15H2,1H3,(H,22,27). The van der Waals surface area contributed by atoms with Crippen molar-refractivity contribution in [3.8, 4) is 0 Å². The van der Waals surface area contributed by atoms with Gasteiger partial charge < -0.3 is 15.0 Å². The van der Waals surface area contributed by atoms with Gasteiger partial charge in [-0.2, -0.15) is 5.10 Å². The van der Waals surface area contributed by atoms with E-state index in [1.807, 2.05) is 29.2 Å². The largest absolute Gasteiger partial charge is 0.383 e. The number of halogens is 1. The van der Waals surface area contributed by atoms with Crippen molar-refractivity contribution in [1.29, 1.82) is 0 Å². The molecule has 156 valence electrons. The van der Waals surface area contributed by atoms with Crippen LogP contribution in [0.25, 0.3) is 0 Å². The molecule has 2 aromatic rings. The molecule has 9 heteroatoms. The van der Waals surface area contributed by atoms with E-state index in [9.17, 15) is 9.59 Å². The lowest BCUT2D eigenvalue weighted by Gasteiger charge is -2.34. The minimum Gasteiger partial charge on any atom is -0.383 e. The molecule has 1 aliphatic rings. The second-order valence-electron chi connectivity index (χ2n) is 6.93. The predicted octanol–water partition coefficient (Wildman–Crippen LogP) is 1.11. The summed E-state index contributed by atoms with van der Waals surface area (Å²) in [6.07, 6.45) is 3.34. The van der Waals surface area contributed by atoms with E-state index in [1.54, 1.807) is 29.1 Å². The van der Waals surface area contributed by atoms with Crippen LogP contribution in [0.2, 0.25) is 5.02 Å². The lowest BCUT2D eigenvalue weighted by atomic mass is 10.2. The molecule has 2 amide bonds. The quantitative estimate of drug-likeness (QED) is 0.648. The first-order valence-electron chi connectivity index (χ1n) is 9.60. The van der Waals surface area contributed by atoms with Crippen molar-refractivity contribution in [1.82, 2.24) is 24.9 Å². The van der Waals surface area contributed by atoms with Gasteiger partial charge in [-0.1, -0.05) is 29.8 Å². The molecular formula is C20H26ClN5O3. The molecule has 0 aliphatic carbocycles. The molecule has 29 heavy (non-hydrogen) atoms. The van der Waals surface area contributed by atoms with Gasteiger partial charge in [-0.3, -0.25) is 19.2 Å². The normalized spacial score (nSPS) is 14.8. The maximum Gasteiger partial charge on any atom is 0.257 e. The molecule has 1 aliphatic heterocycles. The second-order valence-corrected chi connectivity index (χ2v) is 7.34. The van der Waals surface area contributed by atoms with Crippen LogP contribution in [0.3, 0.4) is 0 Å². The smallest absolute Gasteiger partial charge is 0.257 e. The summed E-state index contributed by atoms with van der Waals surface area (Å²) in [5.41, 5.74) is 1.51. The van der Waals surface area contributed by atoms with Crippen molar-refractivity contribution in [3.63, 3.8) is 0 Å². The molecule has 0 spiro atoms. The highest BCUT2D eigenvalue weighted by Crippen LogP contribution is 2.16. The zero-order valence-electron chi connectivity index (χ0n) is 16.5. The highest BCUT2D eigenvalue weighted by Gasteiger charge is 2.24. The van der Waals surface area contributed by atoms with Gasteiger partial charge >= 0.3 is 0 Å². The zero-order valence-corrected chi connectivity index (χ0v) is 17.3. The van der Waals surface area contributed by atoms with E-state index in [2.05, 4.69) is 10.4 Å². The number of piperazine rings is 1. The third kappa shape index (κ3) is 6.03. The monoisotopic (exact) mass is 419 g/mol. The summed E-state index contributed by atoms with van der Waals surface area (Å²) in [4.78, 5) is 28.5. The summed E-state index contributed by atoms with van der Waals surface area (Å²) < 4.78 is 6.64. The van der Waals surface area contributed by atoms with Gasteiger partial charge in [0.2, 0.25) is 5.91 Å². The van der Waals surface area contributed by atoms with Gasteiger partial charge in [-0.15, -0.1) is 0 Å². The van der Waals surface area contributed by atoms with Crippen molar-refractivity contribution < 1.29 is 14.3 Å². The van der Waals surface area contributed by atoms with E-state index < -0.39 is 0 Å². The predicted molar refractivity (Wildman–Crippen MR) is 110 cm³/mol. The second kappa shape index (κ2) is 10.4. The van der Waals surface area contributed by atoms with Crippen LogP contribution >= 0.6 is 11.6 Å². The van der Waals surface area contributed by atoms with Gasteiger partial charge in [0.1, 0.15) is 0 Å². The van der Waals surface area contributed by atoms with E-state index in [-0.39, 0.29) is 11.8 Å². The van der Waals surface area contributed by atoms with Crippen LogP contribution < -0.4 is 5.32 Å². The Balaban J connectivity index is 1.48. The topological polar surface area (TPSA) is 79.7 Å². The Labute approximate surface area is 175 Å². The molecule has 0 radical (unpaired) electrons. The van der Waals surface area contributed by atoms with Gasteiger partial charge in [0.25, 0.3) is 5.91 Å². The number of methoxy groups -OCH3 is 1. The van der Waals surface area contributed by atoms with E-state index in [1.165, 1.54) is 0 Å². The van der Waals surface area contributed by atoms with Crippen LogP contribution in [0.1, 0.15) is 15.9 Å². The summed E-state index contributed by atoms with van der Waals surface area (Å²) >= 11 is 6.19. The number of ether oxygens (including phenoxy) is 1. The van der Waals surface area contributed by atoms with Gasteiger partial charge in [-0.25, -0.2) is 0 Å². The van der Waals surface area contributed by atoms with Crippen LogP contribution in [0, 0.1) is 0 Å². The molecule has 3 rings (SSSR count). The van der Waals surface area contributed by atoms with Gasteiger partial charge in [0.15, 0.2) is 0 Å². The van der Waals surface area contributed by atoms with Crippen LogP contribution in [-0.4, -0.2) is 84.4 Å². The Morgan fingerprint density at radius 1 is 1.21 bits per heavy atom.